The van der Waals surface area contributed by atoms with Gasteiger partial charge in [-0.05, 0) is 12.1 Å². The number of phenolic OH excluding ortho intramolecular Hbond substituents is 1. The minimum atomic E-state index is -0.151. The highest BCUT2D eigenvalue weighted by atomic mass is 35.5. The molecule has 0 fully saturated rings. The Balaban J connectivity index is 3.34. The molecule has 0 bridgehead atoms. The molecule has 0 atom stereocenters. The first-order valence-electron chi connectivity index (χ1n) is 2.65. The molecule has 0 unspecified atom stereocenters. The summed E-state index contributed by atoms with van der Waals surface area (Å²) in [6.45, 7) is 0. The third-order valence-corrected chi connectivity index (χ3v) is 1.51. The van der Waals surface area contributed by atoms with Crippen molar-refractivity contribution in [1.29, 1.82) is 0 Å². The topological polar surface area (TPSA) is 72.3 Å². The third-order valence-electron chi connectivity index (χ3n) is 1.20. The summed E-state index contributed by atoms with van der Waals surface area (Å²) >= 11 is 5.50. The van der Waals surface area contributed by atoms with E-state index >= 15 is 0 Å². The number of rotatable bonds is 0. The normalized spacial score (nSPS) is 9.70. The van der Waals surface area contributed by atoms with Crippen molar-refractivity contribution >= 4 is 23.0 Å². The second-order valence-electron chi connectivity index (χ2n) is 1.90. The van der Waals surface area contributed by atoms with Crippen LogP contribution in [-0.4, -0.2) is 5.11 Å². The Morgan fingerprint density at radius 1 is 1.30 bits per heavy atom. The number of phenols is 1. The standard InChI is InChI=1S/C6H7ClN2O/c7-3-1-2-4(8)5(9)6(3)10/h1-2,10H,8-9H2. The van der Waals surface area contributed by atoms with E-state index in [4.69, 9.17) is 28.2 Å². The van der Waals surface area contributed by atoms with Gasteiger partial charge in [0.05, 0.1) is 16.4 Å². The first-order chi connectivity index (χ1) is 4.63. The van der Waals surface area contributed by atoms with Gasteiger partial charge in [0.2, 0.25) is 0 Å². The summed E-state index contributed by atoms with van der Waals surface area (Å²) in [6.07, 6.45) is 0. The molecule has 1 aromatic rings. The van der Waals surface area contributed by atoms with Crippen LogP contribution in [-0.2, 0) is 0 Å². The van der Waals surface area contributed by atoms with E-state index in [0.29, 0.717) is 5.69 Å². The summed E-state index contributed by atoms with van der Waals surface area (Å²) in [5, 5.41) is 9.26. The lowest BCUT2D eigenvalue weighted by Gasteiger charge is -2.02. The van der Waals surface area contributed by atoms with Crippen LogP contribution in [0.2, 0.25) is 5.02 Å². The van der Waals surface area contributed by atoms with Gasteiger partial charge in [-0.1, -0.05) is 11.6 Å². The fraction of sp³-hybridized carbons (Fsp3) is 0. The Kier molecular flexibility index (Phi) is 1.59. The predicted molar refractivity (Wildman–Crippen MR) is 41.9 cm³/mol. The van der Waals surface area contributed by atoms with E-state index < -0.39 is 0 Å². The summed E-state index contributed by atoms with van der Waals surface area (Å²) in [5.41, 5.74) is 11.1. The summed E-state index contributed by atoms with van der Waals surface area (Å²) in [7, 11) is 0. The fourth-order valence-electron chi connectivity index (χ4n) is 0.597. The molecule has 10 heavy (non-hydrogen) atoms. The minimum Gasteiger partial charge on any atom is -0.504 e. The van der Waals surface area contributed by atoms with Crippen molar-refractivity contribution in [3.63, 3.8) is 0 Å². The lowest BCUT2D eigenvalue weighted by Crippen LogP contribution is -1.94. The molecule has 0 spiro atoms. The van der Waals surface area contributed by atoms with Gasteiger partial charge in [-0.15, -0.1) is 0 Å². The Bertz CT molecular complexity index is 235. The quantitative estimate of drug-likeness (QED) is 0.393. The van der Waals surface area contributed by atoms with Crippen LogP contribution >= 0.6 is 11.6 Å². The van der Waals surface area contributed by atoms with Gasteiger partial charge < -0.3 is 16.6 Å². The van der Waals surface area contributed by atoms with E-state index in [1.54, 1.807) is 0 Å². The van der Waals surface area contributed by atoms with Crippen LogP contribution in [0.25, 0.3) is 0 Å². The summed E-state index contributed by atoms with van der Waals surface area (Å²) in [5.74, 6) is -0.151. The molecule has 1 aromatic carbocycles. The van der Waals surface area contributed by atoms with Gasteiger partial charge in [0.25, 0.3) is 0 Å². The molecule has 0 saturated heterocycles. The maximum absolute atomic E-state index is 9.05. The van der Waals surface area contributed by atoms with Crippen molar-refractivity contribution in [2.75, 3.05) is 11.5 Å². The van der Waals surface area contributed by atoms with Crippen molar-refractivity contribution in [2.24, 2.45) is 0 Å². The molecule has 54 valence electrons. The minimum absolute atomic E-state index is 0.132. The number of nitrogen functional groups attached to an aromatic ring is 2. The smallest absolute Gasteiger partial charge is 0.159 e. The maximum Gasteiger partial charge on any atom is 0.159 e. The van der Waals surface area contributed by atoms with Crippen LogP contribution in [0.5, 0.6) is 5.75 Å². The molecular weight excluding hydrogens is 152 g/mol. The summed E-state index contributed by atoms with van der Waals surface area (Å²) in [6, 6.07) is 3.03. The lowest BCUT2D eigenvalue weighted by molar-refractivity contribution is 0.478. The molecular formula is C6H7ClN2O. The van der Waals surface area contributed by atoms with Crippen molar-refractivity contribution in [1.82, 2.24) is 0 Å². The molecule has 0 aliphatic heterocycles. The number of nitrogens with two attached hydrogens (primary N) is 2. The predicted octanol–water partition coefficient (Wildman–Crippen LogP) is 1.21. The first kappa shape index (κ1) is 7.02. The Morgan fingerprint density at radius 2 is 1.90 bits per heavy atom. The highest BCUT2D eigenvalue weighted by Gasteiger charge is 2.04. The van der Waals surface area contributed by atoms with E-state index in [1.807, 2.05) is 0 Å². The fourth-order valence-corrected chi connectivity index (χ4v) is 0.762. The molecule has 3 nitrogen and oxygen atoms in total. The summed E-state index contributed by atoms with van der Waals surface area (Å²) in [4.78, 5) is 0. The maximum atomic E-state index is 9.05. The average molecular weight is 159 g/mol. The molecule has 0 aliphatic carbocycles. The van der Waals surface area contributed by atoms with Crippen molar-refractivity contribution < 1.29 is 5.11 Å². The van der Waals surface area contributed by atoms with E-state index in [-0.39, 0.29) is 16.5 Å². The highest BCUT2D eigenvalue weighted by Crippen LogP contribution is 2.33. The van der Waals surface area contributed by atoms with Gasteiger partial charge in [0.1, 0.15) is 0 Å². The molecule has 5 N–H and O–H groups in total. The Labute approximate surface area is 63.2 Å². The molecule has 0 aromatic heterocycles. The monoisotopic (exact) mass is 158 g/mol. The number of aromatic hydroxyl groups is 1. The van der Waals surface area contributed by atoms with Crippen LogP contribution in [0.4, 0.5) is 11.4 Å². The van der Waals surface area contributed by atoms with Crippen molar-refractivity contribution in [3.05, 3.63) is 17.2 Å². The Morgan fingerprint density at radius 3 is 2.40 bits per heavy atom. The molecule has 0 aliphatic rings. The van der Waals surface area contributed by atoms with Gasteiger partial charge in [0.15, 0.2) is 5.75 Å². The van der Waals surface area contributed by atoms with E-state index in [0.717, 1.165) is 0 Å². The van der Waals surface area contributed by atoms with Crippen LogP contribution in [0, 0.1) is 0 Å². The molecule has 0 amide bonds. The van der Waals surface area contributed by atoms with Gasteiger partial charge in [-0.25, -0.2) is 0 Å². The van der Waals surface area contributed by atoms with Crippen molar-refractivity contribution in [3.8, 4) is 5.75 Å². The van der Waals surface area contributed by atoms with Crippen LogP contribution < -0.4 is 11.5 Å². The van der Waals surface area contributed by atoms with Gasteiger partial charge >= 0.3 is 0 Å². The molecule has 4 heteroatoms. The van der Waals surface area contributed by atoms with Gasteiger partial charge in [-0.2, -0.15) is 0 Å². The van der Waals surface area contributed by atoms with E-state index in [1.165, 1.54) is 12.1 Å². The number of anilines is 2. The SMILES string of the molecule is Nc1ccc(Cl)c(O)c1N. The van der Waals surface area contributed by atoms with Gasteiger partial charge in [-0.3, -0.25) is 0 Å². The molecule has 0 saturated carbocycles. The zero-order valence-electron chi connectivity index (χ0n) is 5.13. The zero-order valence-corrected chi connectivity index (χ0v) is 5.89. The number of hydrogen-bond acceptors (Lipinski definition) is 3. The largest absolute Gasteiger partial charge is 0.504 e. The number of benzene rings is 1. The van der Waals surface area contributed by atoms with E-state index in [9.17, 15) is 0 Å². The zero-order chi connectivity index (χ0) is 7.72. The second kappa shape index (κ2) is 2.27. The lowest BCUT2D eigenvalue weighted by atomic mass is 10.2. The Hall–Kier alpha value is -1.09. The second-order valence-corrected chi connectivity index (χ2v) is 2.31. The number of hydrogen-bond donors (Lipinski definition) is 3. The first-order valence-corrected chi connectivity index (χ1v) is 3.03. The average Bonchev–Trinajstić information content (AvgIpc) is 1.93. The van der Waals surface area contributed by atoms with Crippen LogP contribution in [0.3, 0.4) is 0 Å². The van der Waals surface area contributed by atoms with Crippen molar-refractivity contribution in [2.45, 2.75) is 0 Å². The molecule has 0 heterocycles. The number of halogens is 1. The highest BCUT2D eigenvalue weighted by molar-refractivity contribution is 6.32. The third kappa shape index (κ3) is 0.953. The van der Waals surface area contributed by atoms with Gasteiger partial charge in [0, 0.05) is 0 Å². The molecule has 0 radical (unpaired) electrons. The van der Waals surface area contributed by atoms with E-state index in [2.05, 4.69) is 0 Å². The molecule has 1 rings (SSSR count). The van der Waals surface area contributed by atoms with Crippen LogP contribution in [0.1, 0.15) is 0 Å². The van der Waals surface area contributed by atoms with Crippen LogP contribution in [0.15, 0.2) is 12.1 Å². The summed E-state index contributed by atoms with van der Waals surface area (Å²) < 4.78 is 0.